The van der Waals surface area contributed by atoms with Gasteiger partial charge in [-0.05, 0) is 28.1 Å². The molecule has 86 valence electrons. The van der Waals surface area contributed by atoms with Crippen molar-refractivity contribution in [1.82, 2.24) is 10.3 Å². The Balaban J connectivity index is 2.36. The first kappa shape index (κ1) is 13.3. The normalized spacial score (nSPS) is 9.81. The number of nitrogens with one attached hydrogen (secondary N) is 1. The number of carbonyl (C=O) groups is 1. The summed E-state index contributed by atoms with van der Waals surface area (Å²) < 4.78 is 0.575. The number of carbonyl (C=O) groups excluding carboxylic acids is 1. The van der Waals surface area contributed by atoms with Gasteiger partial charge in [0.05, 0.1) is 5.56 Å². The number of pyridine rings is 1. The molecule has 0 bridgehead atoms. The summed E-state index contributed by atoms with van der Waals surface area (Å²) in [5.74, 6) is 1.70. The molecular weight excluding hydrogens is 288 g/mol. The van der Waals surface area contributed by atoms with E-state index < -0.39 is 0 Å². The topological polar surface area (TPSA) is 42.0 Å². The third kappa shape index (κ3) is 4.37. The number of hydrogen-bond donors (Lipinski definition) is 1. The van der Waals surface area contributed by atoms with E-state index in [0.717, 1.165) is 11.5 Å². The van der Waals surface area contributed by atoms with Crippen molar-refractivity contribution >= 4 is 33.6 Å². The predicted molar refractivity (Wildman–Crippen MR) is 71.8 cm³/mol. The van der Waals surface area contributed by atoms with Crippen molar-refractivity contribution in [3.8, 4) is 0 Å². The highest BCUT2D eigenvalue weighted by Crippen LogP contribution is 2.11. The van der Waals surface area contributed by atoms with Gasteiger partial charge in [-0.15, -0.1) is 6.58 Å². The number of hydrogen-bond acceptors (Lipinski definition) is 3. The van der Waals surface area contributed by atoms with Crippen LogP contribution in [0.25, 0.3) is 0 Å². The lowest BCUT2D eigenvalue weighted by Crippen LogP contribution is -2.26. The zero-order valence-electron chi connectivity index (χ0n) is 8.78. The van der Waals surface area contributed by atoms with E-state index >= 15 is 0 Å². The Morgan fingerprint density at radius 3 is 3.19 bits per heavy atom. The molecule has 0 aliphatic carbocycles. The van der Waals surface area contributed by atoms with Crippen LogP contribution in [0.4, 0.5) is 0 Å². The summed E-state index contributed by atoms with van der Waals surface area (Å²) in [6.07, 6.45) is 3.49. The number of nitrogens with zero attached hydrogens (tertiary/aromatic N) is 1. The first-order valence-corrected chi connectivity index (χ1v) is 6.78. The minimum Gasteiger partial charge on any atom is -0.351 e. The lowest BCUT2D eigenvalue weighted by molar-refractivity contribution is 0.0955. The SMILES string of the molecule is C=CCSCCNC(=O)c1cccnc1Br. The minimum atomic E-state index is -0.0980. The smallest absolute Gasteiger partial charge is 0.254 e. The largest absolute Gasteiger partial charge is 0.351 e. The van der Waals surface area contributed by atoms with E-state index in [1.807, 2.05) is 6.08 Å². The van der Waals surface area contributed by atoms with Crippen molar-refractivity contribution < 1.29 is 4.79 Å². The maximum absolute atomic E-state index is 11.7. The van der Waals surface area contributed by atoms with Gasteiger partial charge in [0.25, 0.3) is 5.91 Å². The zero-order valence-corrected chi connectivity index (χ0v) is 11.2. The molecule has 1 amide bonds. The molecule has 1 rings (SSSR count). The molecule has 1 aromatic heterocycles. The second-order valence-electron chi connectivity index (χ2n) is 2.96. The average Bonchev–Trinajstić information content (AvgIpc) is 2.29. The lowest BCUT2D eigenvalue weighted by atomic mass is 10.3. The zero-order chi connectivity index (χ0) is 11.8. The van der Waals surface area contributed by atoms with Crippen LogP contribution >= 0.6 is 27.7 Å². The van der Waals surface area contributed by atoms with Crippen LogP contribution in [0, 0.1) is 0 Å². The van der Waals surface area contributed by atoms with Gasteiger partial charge in [-0.25, -0.2) is 4.98 Å². The molecule has 0 saturated heterocycles. The number of thioether (sulfide) groups is 1. The third-order valence-electron chi connectivity index (χ3n) is 1.77. The molecule has 1 N–H and O–H groups in total. The fourth-order valence-corrected chi connectivity index (χ4v) is 2.06. The molecule has 0 aromatic carbocycles. The van der Waals surface area contributed by atoms with Crippen molar-refractivity contribution in [2.75, 3.05) is 18.1 Å². The van der Waals surface area contributed by atoms with Gasteiger partial charge in [-0.1, -0.05) is 6.08 Å². The summed E-state index contributed by atoms with van der Waals surface area (Å²) in [5, 5.41) is 2.83. The van der Waals surface area contributed by atoms with Gasteiger partial charge in [0.15, 0.2) is 0 Å². The molecule has 0 saturated carbocycles. The van der Waals surface area contributed by atoms with E-state index in [9.17, 15) is 4.79 Å². The molecule has 3 nitrogen and oxygen atoms in total. The van der Waals surface area contributed by atoms with Crippen molar-refractivity contribution in [3.05, 3.63) is 41.2 Å². The fourth-order valence-electron chi connectivity index (χ4n) is 1.05. The second-order valence-corrected chi connectivity index (χ2v) is 4.86. The Bertz CT molecular complexity index is 371. The Labute approximate surface area is 108 Å². The molecule has 0 aliphatic rings. The molecule has 1 aromatic rings. The van der Waals surface area contributed by atoms with E-state index in [2.05, 4.69) is 32.8 Å². The van der Waals surface area contributed by atoms with Gasteiger partial charge >= 0.3 is 0 Å². The summed E-state index contributed by atoms with van der Waals surface area (Å²) in [7, 11) is 0. The van der Waals surface area contributed by atoms with Crippen molar-refractivity contribution in [2.24, 2.45) is 0 Å². The van der Waals surface area contributed by atoms with E-state index in [1.165, 1.54) is 0 Å². The second kappa shape index (κ2) is 7.46. The van der Waals surface area contributed by atoms with Gasteiger partial charge < -0.3 is 5.32 Å². The molecule has 0 spiro atoms. The summed E-state index contributed by atoms with van der Waals surface area (Å²) in [5.41, 5.74) is 0.566. The van der Waals surface area contributed by atoms with Crippen molar-refractivity contribution in [3.63, 3.8) is 0 Å². The Morgan fingerprint density at radius 1 is 1.69 bits per heavy atom. The highest BCUT2D eigenvalue weighted by atomic mass is 79.9. The van der Waals surface area contributed by atoms with Crippen LogP contribution in [0.1, 0.15) is 10.4 Å². The van der Waals surface area contributed by atoms with Crippen LogP contribution in [0.5, 0.6) is 0 Å². The summed E-state index contributed by atoms with van der Waals surface area (Å²) in [6, 6.07) is 3.48. The highest BCUT2D eigenvalue weighted by Gasteiger charge is 2.08. The van der Waals surface area contributed by atoms with Crippen molar-refractivity contribution in [2.45, 2.75) is 0 Å². The minimum absolute atomic E-state index is 0.0980. The van der Waals surface area contributed by atoms with Crippen LogP contribution in [0.2, 0.25) is 0 Å². The van der Waals surface area contributed by atoms with Crippen LogP contribution in [-0.4, -0.2) is 28.9 Å². The number of rotatable bonds is 6. The lowest BCUT2D eigenvalue weighted by Gasteiger charge is -2.05. The van der Waals surface area contributed by atoms with Crippen LogP contribution in [0.3, 0.4) is 0 Å². The Hall–Kier alpha value is -0.810. The molecule has 0 fully saturated rings. The van der Waals surface area contributed by atoms with Crippen LogP contribution in [0.15, 0.2) is 35.6 Å². The van der Waals surface area contributed by atoms with Crippen LogP contribution < -0.4 is 5.32 Å². The quantitative estimate of drug-likeness (QED) is 0.499. The average molecular weight is 301 g/mol. The summed E-state index contributed by atoms with van der Waals surface area (Å²) in [4.78, 5) is 15.7. The van der Waals surface area contributed by atoms with Crippen LogP contribution in [-0.2, 0) is 0 Å². The summed E-state index contributed by atoms with van der Waals surface area (Å²) >= 11 is 4.97. The predicted octanol–water partition coefficient (Wildman–Crippen LogP) is 2.49. The molecule has 5 heteroatoms. The van der Waals surface area contributed by atoms with Crippen molar-refractivity contribution in [1.29, 1.82) is 0 Å². The summed E-state index contributed by atoms with van der Waals surface area (Å²) in [6.45, 7) is 4.28. The van der Waals surface area contributed by atoms with Gasteiger partial charge in [0.2, 0.25) is 0 Å². The molecule has 1 heterocycles. The Kier molecular flexibility index (Phi) is 6.18. The Morgan fingerprint density at radius 2 is 2.50 bits per heavy atom. The molecule has 0 atom stereocenters. The van der Waals surface area contributed by atoms with Gasteiger partial charge in [-0.3, -0.25) is 4.79 Å². The number of aromatic nitrogens is 1. The standard InChI is InChI=1S/C11H13BrN2OS/c1-2-7-16-8-6-14-11(15)9-4-3-5-13-10(9)12/h2-5H,1,6-8H2,(H,14,15). The fraction of sp³-hybridized carbons (Fsp3) is 0.273. The molecule has 0 radical (unpaired) electrons. The molecule has 16 heavy (non-hydrogen) atoms. The monoisotopic (exact) mass is 300 g/mol. The third-order valence-corrected chi connectivity index (χ3v) is 3.37. The van der Waals surface area contributed by atoms with E-state index in [0.29, 0.717) is 16.7 Å². The first-order chi connectivity index (χ1) is 7.75. The molecule has 0 unspecified atom stereocenters. The van der Waals surface area contributed by atoms with Gasteiger partial charge in [0, 0.05) is 24.2 Å². The van der Waals surface area contributed by atoms with E-state index in [4.69, 9.17) is 0 Å². The molecular formula is C11H13BrN2OS. The number of halogens is 1. The van der Waals surface area contributed by atoms with E-state index in [1.54, 1.807) is 30.1 Å². The van der Waals surface area contributed by atoms with Gasteiger partial charge in [0.1, 0.15) is 4.60 Å². The molecule has 0 aliphatic heterocycles. The highest BCUT2D eigenvalue weighted by molar-refractivity contribution is 9.10. The van der Waals surface area contributed by atoms with E-state index in [-0.39, 0.29) is 5.91 Å². The first-order valence-electron chi connectivity index (χ1n) is 4.83. The van der Waals surface area contributed by atoms with Gasteiger partial charge in [-0.2, -0.15) is 11.8 Å². The maximum Gasteiger partial charge on any atom is 0.254 e. The number of amides is 1. The maximum atomic E-state index is 11.7.